The van der Waals surface area contributed by atoms with Crippen molar-refractivity contribution in [1.82, 2.24) is 19.4 Å². The fourth-order valence-electron chi connectivity index (χ4n) is 2.55. The summed E-state index contributed by atoms with van der Waals surface area (Å²) < 4.78 is 3.50. The molecule has 0 amide bonds. The molecule has 0 spiro atoms. The van der Waals surface area contributed by atoms with Crippen molar-refractivity contribution in [3.8, 4) is 0 Å². The molecule has 0 saturated heterocycles. The van der Waals surface area contributed by atoms with E-state index < -0.39 is 6.10 Å². The van der Waals surface area contributed by atoms with Gasteiger partial charge >= 0.3 is 0 Å². The second-order valence-electron chi connectivity index (χ2n) is 5.03. The normalized spacial score (nSPS) is 13.0. The Bertz CT molecular complexity index is 777. The van der Waals surface area contributed by atoms with Crippen molar-refractivity contribution >= 4 is 17.1 Å². The molecule has 3 heterocycles. The first kappa shape index (κ1) is 14.1. The summed E-state index contributed by atoms with van der Waals surface area (Å²) in [5, 5.41) is 19.8. The molecule has 0 aliphatic heterocycles. The summed E-state index contributed by atoms with van der Waals surface area (Å²) in [6, 6.07) is 5.77. The summed E-state index contributed by atoms with van der Waals surface area (Å²) in [4.78, 5) is 0. The lowest BCUT2D eigenvalue weighted by Gasteiger charge is -2.10. The van der Waals surface area contributed by atoms with Crippen LogP contribution in [0, 0.1) is 0 Å². The largest absolute Gasteiger partial charge is 0.388 e. The molecule has 3 rings (SSSR count). The summed E-state index contributed by atoms with van der Waals surface area (Å²) in [6.45, 7) is 2.01. The SMILES string of the molecule is CCc1nn(C)c(CC(O)c2cnn3ccccc23)c1Cl. The Balaban J connectivity index is 1.93. The summed E-state index contributed by atoms with van der Waals surface area (Å²) in [6.07, 6.45) is 4.09. The summed E-state index contributed by atoms with van der Waals surface area (Å²) in [5.74, 6) is 0. The van der Waals surface area contributed by atoms with Gasteiger partial charge in [-0.25, -0.2) is 4.52 Å². The van der Waals surface area contributed by atoms with Crippen LogP contribution < -0.4 is 0 Å². The minimum Gasteiger partial charge on any atom is -0.388 e. The maximum atomic E-state index is 10.5. The van der Waals surface area contributed by atoms with Gasteiger partial charge in [-0.3, -0.25) is 4.68 Å². The molecule has 0 saturated carbocycles. The second-order valence-corrected chi connectivity index (χ2v) is 5.41. The topological polar surface area (TPSA) is 55.3 Å². The Morgan fingerprint density at radius 2 is 2.19 bits per heavy atom. The molecule has 1 atom stereocenters. The number of pyridine rings is 1. The standard InChI is InChI=1S/C15H17ClN4O/c1-3-11-15(16)13(19(2)18-11)8-14(21)10-9-17-20-7-5-4-6-12(10)20/h4-7,9,14,21H,3,8H2,1-2H3. The van der Waals surface area contributed by atoms with Crippen molar-refractivity contribution in [2.75, 3.05) is 0 Å². The van der Waals surface area contributed by atoms with Gasteiger partial charge in [-0.2, -0.15) is 10.2 Å². The number of hydrogen-bond donors (Lipinski definition) is 1. The first-order chi connectivity index (χ1) is 10.1. The average Bonchev–Trinajstić information content (AvgIpc) is 3.03. The molecule has 0 aliphatic rings. The molecule has 6 heteroatoms. The number of nitrogens with zero attached hydrogens (tertiary/aromatic N) is 4. The van der Waals surface area contributed by atoms with Gasteiger partial charge in [0.1, 0.15) is 0 Å². The molecule has 0 aliphatic carbocycles. The molecule has 1 N–H and O–H groups in total. The molecular weight excluding hydrogens is 288 g/mol. The molecule has 110 valence electrons. The quantitative estimate of drug-likeness (QED) is 0.806. The number of aryl methyl sites for hydroxylation is 2. The van der Waals surface area contributed by atoms with Crippen LogP contribution in [0.2, 0.25) is 5.02 Å². The van der Waals surface area contributed by atoms with E-state index >= 15 is 0 Å². The number of aliphatic hydroxyl groups excluding tert-OH is 1. The predicted octanol–water partition coefficient (Wildman–Crippen LogP) is 2.56. The molecule has 0 aromatic carbocycles. The van der Waals surface area contributed by atoms with Gasteiger partial charge in [-0.05, 0) is 18.6 Å². The molecule has 3 aromatic rings. The lowest BCUT2D eigenvalue weighted by atomic mass is 10.1. The van der Waals surface area contributed by atoms with Crippen LogP contribution in [0.3, 0.4) is 0 Å². The monoisotopic (exact) mass is 304 g/mol. The van der Waals surface area contributed by atoms with Crippen LogP contribution in [-0.4, -0.2) is 24.5 Å². The maximum absolute atomic E-state index is 10.5. The number of aromatic nitrogens is 4. The van der Waals surface area contributed by atoms with Crippen LogP contribution >= 0.6 is 11.6 Å². The highest BCUT2D eigenvalue weighted by molar-refractivity contribution is 6.31. The van der Waals surface area contributed by atoms with Gasteiger partial charge in [-0.1, -0.05) is 24.6 Å². The zero-order valence-electron chi connectivity index (χ0n) is 12.0. The summed E-state index contributed by atoms with van der Waals surface area (Å²) in [5.41, 5.74) is 3.41. The van der Waals surface area contributed by atoms with Gasteiger partial charge in [0, 0.05) is 25.2 Å². The highest BCUT2D eigenvalue weighted by Gasteiger charge is 2.20. The number of halogens is 1. The average molecular weight is 305 g/mol. The highest BCUT2D eigenvalue weighted by Crippen LogP contribution is 2.27. The Kier molecular flexibility index (Phi) is 3.69. The van der Waals surface area contributed by atoms with E-state index in [-0.39, 0.29) is 0 Å². The third-order valence-electron chi connectivity index (χ3n) is 3.70. The van der Waals surface area contributed by atoms with E-state index in [9.17, 15) is 5.11 Å². The van der Waals surface area contributed by atoms with E-state index in [0.717, 1.165) is 28.9 Å². The van der Waals surface area contributed by atoms with E-state index in [1.165, 1.54) is 0 Å². The van der Waals surface area contributed by atoms with Crippen molar-refractivity contribution in [2.24, 2.45) is 7.05 Å². The number of hydrogen-bond acceptors (Lipinski definition) is 3. The summed E-state index contributed by atoms with van der Waals surface area (Å²) in [7, 11) is 1.85. The number of aliphatic hydroxyl groups is 1. The molecular formula is C15H17ClN4O. The second kappa shape index (κ2) is 5.50. The van der Waals surface area contributed by atoms with E-state index in [1.54, 1.807) is 15.4 Å². The Labute approximate surface area is 127 Å². The van der Waals surface area contributed by atoms with Crippen LogP contribution in [-0.2, 0) is 19.9 Å². The lowest BCUT2D eigenvalue weighted by molar-refractivity contribution is 0.177. The Hall–Kier alpha value is -1.85. The third kappa shape index (κ3) is 2.43. The molecule has 5 nitrogen and oxygen atoms in total. The molecule has 0 radical (unpaired) electrons. The van der Waals surface area contributed by atoms with Crippen LogP contribution in [0.15, 0.2) is 30.6 Å². The van der Waals surface area contributed by atoms with E-state index in [1.807, 2.05) is 38.4 Å². The van der Waals surface area contributed by atoms with Gasteiger partial charge < -0.3 is 5.11 Å². The highest BCUT2D eigenvalue weighted by atomic mass is 35.5. The minimum atomic E-state index is -0.664. The first-order valence-corrected chi connectivity index (χ1v) is 7.30. The van der Waals surface area contributed by atoms with Gasteiger partial charge in [-0.15, -0.1) is 0 Å². The Morgan fingerprint density at radius 3 is 2.90 bits per heavy atom. The number of rotatable bonds is 4. The smallest absolute Gasteiger partial charge is 0.0882 e. The van der Waals surface area contributed by atoms with Crippen LogP contribution in [0.5, 0.6) is 0 Å². The van der Waals surface area contributed by atoms with Crippen molar-refractivity contribution in [3.63, 3.8) is 0 Å². The van der Waals surface area contributed by atoms with Crippen molar-refractivity contribution in [2.45, 2.75) is 25.9 Å². The first-order valence-electron chi connectivity index (χ1n) is 6.92. The fourth-order valence-corrected chi connectivity index (χ4v) is 2.92. The third-order valence-corrected chi connectivity index (χ3v) is 4.14. The van der Waals surface area contributed by atoms with E-state index in [4.69, 9.17) is 11.6 Å². The van der Waals surface area contributed by atoms with Gasteiger partial charge in [0.15, 0.2) is 0 Å². The van der Waals surface area contributed by atoms with Gasteiger partial charge in [0.2, 0.25) is 0 Å². The predicted molar refractivity (Wildman–Crippen MR) is 81.5 cm³/mol. The zero-order chi connectivity index (χ0) is 15.0. The van der Waals surface area contributed by atoms with Crippen LogP contribution in [0.1, 0.15) is 30.0 Å². The Morgan fingerprint density at radius 1 is 1.38 bits per heavy atom. The molecule has 0 bridgehead atoms. The molecule has 3 aromatic heterocycles. The molecule has 21 heavy (non-hydrogen) atoms. The van der Waals surface area contributed by atoms with Gasteiger partial charge in [0.25, 0.3) is 0 Å². The van der Waals surface area contributed by atoms with Crippen LogP contribution in [0.25, 0.3) is 5.52 Å². The van der Waals surface area contributed by atoms with Gasteiger partial charge in [0.05, 0.1) is 34.2 Å². The maximum Gasteiger partial charge on any atom is 0.0882 e. The minimum absolute atomic E-state index is 0.415. The van der Waals surface area contributed by atoms with Crippen LogP contribution in [0.4, 0.5) is 0 Å². The zero-order valence-corrected chi connectivity index (χ0v) is 12.7. The van der Waals surface area contributed by atoms with Crippen molar-refractivity contribution < 1.29 is 5.11 Å². The van der Waals surface area contributed by atoms with Crippen molar-refractivity contribution in [1.29, 1.82) is 0 Å². The number of fused-ring (bicyclic) bond motifs is 1. The summed E-state index contributed by atoms with van der Waals surface area (Å²) >= 11 is 6.34. The lowest BCUT2D eigenvalue weighted by Crippen LogP contribution is -2.06. The fraction of sp³-hybridized carbons (Fsp3) is 0.333. The molecule has 0 fully saturated rings. The molecule has 1 unspecified atom stereocenters. The van der Waals surface area contributed by atoms with E-state index in [2.05, 4.69) is 10.2 Å². The van der Waals surface area contributed by atoms with E-state index in [0.29, 0.717) is 11.4 Å². The van der Waals surface area contributed by atoms with Crippen molar-refractivity contribution in [3.05, 3.63) is 52.6 Å².